The SMILES string of the molecule is COC1=NC(=O)N=N1. The van der Waals surface area contributed by atoms with Gasteiger partial charge in [0.2, 0.25) is 0 Å². The zero-order chi connectivity index (χ0) is 5.98. The van der Waals surface area contributed by atoms with E-state index in [1.807, 2.05) is 0 Å². The average Bonchev–Trinajstić information content (AvgIpc) is 2.14. The number of urea groups is 1. The molecule has 1 aliphatic heterocycles. The van der Waals surface area contributed by atoms with Crippen LogP contribution in [0.25, 0.3) is 0 Å². The Morgan fingerprint density at radius 1 is 1.50 bits per heavy atom. The number of nitrogens with zero attached hydrogens (tertiary/aromatic N) is 3. The summed E-state index contributed by atoms with van der Waals surface area (Å²) in [5, 5.41) is 6.28. The maximum Gasteiger partial charge on any atom is 0.390 e. The predicted octanol–water partition coefficient (Wildman–Crippen LogP) is 0.575. The molecule has 0 fully saturated rings. The van der Waals surface area contributed by atoms with E-state index in [9.17, 15) is 4.79 Å². The number of hydrogen-bond donors (Lipinski definition) is 0. The fraction of sp³-hybridized carbons (Fsp3) is 0.333. The number of rotatable bonds is 0. The second-order valence-corrected chi connectivity index (χ2v) is 1.08. The Hall–Kier alpha value is -1.26. The molecule has 1 heterocycles. The molecule has 0 aromatic carbocycles. The van der Waals surface area contributed by atoms with E-state index in [1.54, 1.807) is 0 Å². The Labute approximate surface area is 45.1 Å². The minimum Gasteiger partial charge on any atom is -0.466 e. The average molecular weight is 113 g/mol. The highest BCUT2D eigenvalue weighted by Crippen LogP contribution is 1.97. The van der Waals surface area contributed by atoms with Gasteiger partial charge < -0.3 is 4.74 Å². The largest absolute Gasteiger partial charge is 0.466 e. The first-order valence-electron chi connectivity index (χ1n) is 1.91. The van der Waals surface area contributed by atoms with E-state index in [0.29, 0.717) is 0 Å². The van der Waals surface area contributed by atoms with Crippen LogP contribution in [0.2, 0.25) is 0 Å². The molecule has 0 radical (unpaired) electrons. The molecule has 0 unspecified atom stereocenters. The molecule has 0 aromatic rings. The molecule has 42 valence electrons. The second kappa shape index (κ2) is 1.69. The number of amides is 2. The van der Waals surface area contributed by atoms with Crippen LogP contribution < -0.4 is 0 Å². The van der Waals surface area contributed by atoms with Crippen molar-refractivity contribution in [1.82, 2.24) is 0 Å². The topological polar surface area (TPSA) is 63.4 Å². The molecule has 0 spiro atoms. The Morgan fingerprint density at radius 2 is 2.25 bits per heavy atom. The summed E-state index contributed by atoms with van der Waals surface area (Å²) in [5.74, 6) is 0. The van der Waals surface area contributed by atoms with E-state index >= 15 is 0 Å². The van der Waals surface area contributed by atoms with Crippen LogP contribution in [0.4, 0.5) is 4.79 Å². The summed E-state index contributed by atoms with van der Waals surface area (Å²) in [4.78, 5) is 13.3. The second-order valence-electron chi connectivity index (χ2n) is 1.08. The van der Waals surface area contributed by atoms with Crippen LogP contribution >= 0.6 is 0 Å². The number of azo groups is 1. The lowest BCUT2D eigenvalue weighted by molar-refractivity contribution is 0.256. The van der Waals surface area contributed by atoms with Crippen molar-refractivity contribution in [2.24, 2.45) is 15.2 Å². The summed E-state index contributed by atoms with van der Waals surface area (Å²) in [6.45, 7) is 0. The standard InChI is InChI=1S/C3H3N3O2/c1-8-3-4-2(7)5-6-3/h1H3. The summed E-state index contributed by atoms with van der Waals surface area (Å²) >= 11 is 0. The van der Waals surface area contributed by atoms with E-state index in [2.05, 4.69) is 20.0 Å². The van der Waals surface area contributed by atoms with Gasteiger partial charge in [-0.1, -0.05) is 10.2 Å². The zero-order valence-electron chi connectivity index (χ0n) is 4.16. The number of carbonyl (C=O) groups is 1. The minimum atomic E-state index is -0.609. The van der Waals surface area contributed by atoms with Crippen LogP contribution in [-0.4, -0.2) is 19.2 Å². The van der Waals surface area contributed by atoms with Crippen LogP contribution in [0, 0.1) is 0 Å². The molecular weight excluding hydrogens is 110 g/mol. The molecular formula is C3H3N3O2. The van der Waals surface area contributed by atoms with Gasteiger partial charge in [0.25, 0.3) is 0 Å². The van der Waals surface area contributed by atoms with Crippen LogP contribution in [0.15, 0.2) is 15.2 Å². The Balaban J connectivity index is 2.72. The Bertz CT molecular complexity index is 171. The van der Waals surface area contributed by atoms with Crippen molar-refractivity contribution >= 4 is 12.1 Å². The molecule has 0 aliphatic carbocycles. The minimum absolute atomic E-state index is 0.0231. The summed E-state index contributed by atoms with van der Waals surface area (Å²) < 4.78 is 4.45. The van der Waals surface area contributed by atoms with Gasteiger partial charge in [0.15, 0.2) is 0 Å². The normalized spacial score (nSPS) is 16.6. The van der Waals surface area contributed by atoms with Crippen LogP contribution in [0.3, 0.4) is 0 Å². The summed E-state index contributed by atoms with van der Waals surface area (Å²) in [6, 6.07) is -0.586. The predicted molar refractivity (Wildman–Crippen MR) is 24.7 cm³/mol. The molecule has 0 aromatic heterocycles. The molecule has 0 bridgehead atoms. The first-order valence-corrected chi connectivity index (χ1v) is 1.91. The van der Waals surface area contributed by atoms with Crippen molar-refractivity contribution in [3.63, 3.8) is 0 Å². The van der Waals surface area contributed by atoms with Crippen LogP contribution in [0.1, 0.15) is 0 Å². The maximum atomic E-state index is 10.1. The molecule has 0 atom stereocenters. The lowest BCUT2D eigenvalue weighted by Gasteiger charge is -1.84. The summed E-state index contributed by atoms with van der Waals surface area (Å²) in [6.07, 6.45) is 0. The van der Waals surface area contributed by atoms with Crippen molar-refractivity contribution in [3.05, 3.63) is 0 Å². The molecule has 1 rings (SSSR count). The van der Waals surface area contributed by atoms with Crippen molar-refractivity contribution in [2.45, 2.75) is 0 Å². The quantitative estimate of drug-likeness (QED) is 0.461. The Morgan fingerprint density at radius 3 is 2.50 bits per heavy atom. The van der Waals surface area contributed by atoms with Crippen molar-refractivity contribution in [2.75, 3.05) is 7.11 Å². The van der Waals surface area contributed by atoms with Gasteiger partial charge >= 0.3 is 12.1 Å². The Kier molecular flexibility index (Phi) is 1.03. The number of ether oxygens (including phenoxy) is 1. The molecule has 5 nitrogen and oxygen atoms in total. The molecule has 8 heavy (non-hydrogen) atoms. The first kappa shape index (κ1) is 4.89. The van der Waals surface area contributed by atoms with Crippen molar-refractivity contribution in [1.29, 1.82) is 0 Å². The smallest absolute Gasteiger partial charge is 0.390 e. The fourth-order valence-electron chi connectivity index (χ4n) is 0.299. The van der Waals surface area contributed by atoms with E-state index in [1.165, 1.54) is 7.11 Å². The van der Waals surface area contributed by atoms with Gasteiger partial charge in [-0.25, -0.2) is 4.79 Å². The van der Waals surface area contributed by atoms with Gasteiger partial charge in [0, 0.05) is 0 Å². The number of carbonyl (C=O) groups excluding carboxylic acids is 1. The van der Waals surface area contributed by atoms with Crippen LogP contribution in [-0.2, 0) is 4.74 Å². The van der Waals surface area contributed by atoms with Gasteiger partial charge in [-0.2, -0.15) is 0 Å². The number of amidine groups is 1. The molecule has 1 aliphatic rings. The van der Waals surface area contributed by atoms with E-state index in [0.717, 1.165) is 0 Å². The van der Waals surface area contributed by atoms with Gasteiger partial charge in [-0.15, -0.1) is 4.99 Å². The maximum absolute atomic E-state index is 10.1. The van der Waals surface area contributed by atoms with E-state index < -0.39 is 6.03 Å². The van der Waals surface area contributed by atoms with Gasteiger partial charge in [-0.05, 0) is 0 Å². The summed E-state index contributed by atoms with van der Waals surface area (Å²) in [5.41, 5.74) is 0. The molecule has 2 amide bonds. The third-order valence-electron chi connectivity index (χ3n) is 0.595. The van der Waals surface area contributed by atoms with Gasteiger partial charge in [-0.3, -0.25) is 0 Å². The monoisotopic (exact) mass is 113 g/mol. The lowest BCUT2D eigenvalue weighted by Crippen LogP contribution is -1.91. The van der Waals surface area contributed by atoms with E-state index in [-0.39, 0.29) is 6.02 Å². The van der Waals surface area contributed by atoms with Gasteiger partial charge in [0.05, 0.1) is 7.11 Å². The molecule has 0 saturated carbocycles. The molecule has 0 N–H and O–H groups in total. The highest BCUT2D eigenvalue weighted by Gasteiger charge is 2.07. The third-order valence-corrected chi connectivity index (χ3v) is 0.595. The number of aliphatic imine (C=N–C) groups is 1. The van der Waals surface area contributed by atoms with E-state index in [4.69, 9.17) is 0 Å². The van der Waals surface area contributed by atoms with Crippen molar-refractivity contribution < 1.29 is 9.53 Å². The first-order chi connectivity index (χ1) is 3.83. The highest BCUT2D eigenvalue weighted by molar-refractivity contribution is 5.94. The van der Waals surface area contributed by atoms with Crippen LogP contribution in [0.5, 0.6) is 0 Å². The lowest BCUT2D eigenvalue weighted by atomic mass is 11.1. The van der Waals surface area contributed by atoms with Crippen molar-refractivity contribution in [3.8, 4) is 0 Å². The molecule has 5 heteroatoms. The van der Waals surface area contributed by atoms with Gasteiger partial charge in [0.1, 0.15) is 0 Å². The summed E-state index contributed by atoms with van der Waals surface area (Å²) in [7, 11) is 1.37. The number of hydrogen-bond acceptors (Lipinski definition) is 3. The highest BCUT2D eigenvalue weighted by atomic mass is 16.5. The fourth-order valence-corrected chi connectivity index (χ4v) is 0.299. The third kappa shape index (κ3) is 0.699. The number of methoxy groups -OCH3 is 1. The zero-order valence-corrected chi connectivity index (χ0v) is 4.16. The molecule has 0 saturated heterocycles.